The van der Waals surface area contributed by atoms with Crippen molar-refractivity contribution < 1.29 is 9.59 Å². The summed E-state index contributed by atoms with van der Waals surface area (Å²) in [6.07, 6.45) is 1.18. The molecule has 0 bridgehead atoms. The Labute approximate surface area is 189 Å². The number of carbonyl (C=O) groups is 2. The molecule has 1 aliphatic rings. The maximum absolute atomic E-state index is 13.1. The van der Waals surface area contributed by atoms with E-state index in [1.807, 2.05) is 71.6 Å². The molecule has 4 rings (SSSR count). The van der Waals surface area contributed by atoms with E-state index in [4.69, 9.17) is 0 Å². The van der Waals surface area contributed by atoms with E-state index in [0.717, 1.165) is 22.5 Å². The Bertz CT molecular complexity index is 1090. The van der Waals surface area contributed by atoms with Gasteiger partial charge in [-0.3, -0.25) is 4.79 Å². The van der Waals surface area contributed by atoms with Gasteiger partial charge in [0.15, 0.2) is 0 Å². The first-order chi connectivity index (χ1) is 15.4. The molecule has 0 unspecified atom stereocenters. The molecule has 0 saturated carbocycles. The lowest BCUT2D eigenvalue weighted by molar-refractivity contribution is -0.133. The molecule has 3 aromatic rings. The van der Waals surface area contributed by atoms with Gasteiger partial charge in [0, 0.05) is 30.9 Å². The lowest BCUT2D eigenvalue weighted by atomic mass is 9.81. The molecule has 1 aliphatic heterocycles. The molecule has 0 aromatic heterocycles. The summed E-state index contributed by atoms with van der Waals surface area (Å²) >= 11 is 0. The average Bonchev–Trinajstić information content (AvgIpc) is 2.80. The number of hydrogen-bond acceptors (Lipinski definition) is 2. The average molecular weight is 428 g/mol. The largest absolute Gasteiger partial charge is 0.338 e. The molecule has 0 aliphatic carbocycles. The number of nitrogens with one attached hydrogen (secondary N) is 2. The van der Waals surface area contributed by atoms with Crippen molar-refractivity contribution in [2.24, 2.45) is 0 Å². The SMILES string of the molecule is CC(C)(CC(=O)N1CCc2c(cccc2NC(=O)Nc2ccccc2)C1)c1ccccc1. The van der Waals surface area contributed by atoms with Crippen LogP contribution in [-0.2, 0) is 23.2 Å². The summed E-state index contributed by atoms with van der Waals surface area (Å²) in [6, 6.07) is 25.2. The molecular weight excluding hydrogens is 398 g/mol. The van der Waals surface area contributed by atoms with E-state index in [1.165, 1.54) is 5.56 Å². The first kappa shape index (κ1) is 21.6. The van der Waals surface area contributed by atoms with Crippen LogP contribution in [0.2, 0.25) is 0 Å². The third-order valence-electron chi connectivity index (χ3n) is 6.05. The van der Waals surface area contributed by atoms with Crippen LogP contribution in [0.3, 0.4) is 0 Å². The first-order valence-electron chi connectivity index (χ1n) is 11.0. The highest BCUT2D eigenvalue weighted by Gasteiger charge is 2.29. The van der Waals surface area contributed by atoms with Gasteiger partial charge in [0.1, 0.15) is 0 Å². The van der Waals surface area contributed by atoms with E-state index in [-0.39, 0.29) is 17.4 Å². The summed E-state index contributed by atoms with van der Waals surface area (Å²) in [4.78, 5) is 27.5. The maximum Gasteiger partial charge on any atom is 0.323 e. The Balaban J connectivity index is 1.42. The molecule has 5 heteroatoms. The van der Waals surface area contributed by atoms with Gasteiger partial charge in [0.25, 0.3) is 0 Å². The predicted molar refractivity (Wildman–Crippen MR) is 129 cm³/mol. The number of fused-ring (bicyclic) bond motifs is 1. The second-order valence-corrected chi connectivity index (χ2v) is 8.88. The summed E-state index contributed by atoms with van der Waals surface area (Å²) < 4.78 is 0. The number of para-hydroxylation sites is 1. The van der Waals surface area contributed by atoms with Gasteiger partial charge in [0.2, 0.25) is 5.91 Å². The van der Waals surface area contributed by atoms with Crippen LogP contribution < -0.4 is 10.6 Å². The smallest absolute Gasteiger partial charge is 0.323 e. The highest BCUT2D eigenvalue weighted by Crippen LogP contribution is 2.31. The van der Waals surface area contributed by atoms with Crippen LogP contribution >= 0.6 is 0 Å². The summed E-state index contributed by atoms with van der Waals surface area (Å²) in [5.41, 5.74) is 4.67. The van der Waals surface area contributed by atoms with E-state index in [1.54, 1.807) is 0 Å². The number of carbonyl (C=O) groups excluding carboxylic acids is 2. The van der Waals surface area contributed by atoms with Gasteiger partial charge in [0.05, 0.1) is 0 Å². The molecule has 2 N–H and O–H groups in total. The Kier molecular flexibility index (Phi) is 6.26. The van der Waals surface area contributed by atoms with Crippen LogP contribution in [0.15, 0.2) is 78.9 Å². The number of benzene rings is 3. The van der Waals surface area contributed by atoms with Crippen molar-refractivity contribution in [2.45, 2.75) is 38.6 Å². The third-order valence-corrected chi connectivity index (χ3v) is 6.05. The quantitative estimate of drug-likeness (QED) is 0.558. The van der Waals surface area contributed by atoms with Crippen molar-refractivity contribution in [2.75, 3.05) is 17.2 Å². The van der Waals surface area contributed by atoms with Crippen molar-refractivity contribution in [3.8, 4) is 0 Å². The van der Waals surface area contributed by atoms with Crippen molar-refractivity contribution in [1.29, 1.82) is 0 Å². The Morgan fingerprint density at radius 1 is 0.875 bits per heavy atom. The van der Waals surface area contributed by atoms with Gasteiger partial charge in [-0.2, -0.15) is 0 Å². The number of rotatable bonds is 5. The Morgan fingerprint density at radius 3 is 2.28 bits per heavy atom. The van der Waals surface area contributed by atoms with Gasteiger partial charge in [-0.1, -0.05) is 74.5 Å². The lowest BCUT2D eigenvalue weighted by Crippen LogP contribution is -2.39. The standard InChI is InChI=1S/C27H29N3O2/c1-27(2,21-11-5-3-6-12-21)18-25(31)30-17-16-23-20(19-30)10-9-15-24(23)29-26(32)28-22-13-7-4-8-14-22/h3-15H,16-19H2,1-2H3,(H2,28,29,32). The zero-order valence-electron chi connectivity index (χ0n) is 18.6. The van der Waals surface area contributed by atoms with Crippen molar-refractivity contribution >= 4 is 23.3 Å². The normalized spacial score (nSPS) is 13.2. The fraction of sp³-hybridized carbons (Fsp3) is 0.259. The number of nitrogens with zero attached hydrogens (tertiary/aromatic N) is 1. The molecule has 0 spiro atoms. The number of anilines is 2. The van der Waals surface area contributed by atoms with Gasteiger partial charge in [-0.25, -0.2) is 4.79 Å². The minimum atomic E-state index is -0.271. The monoisotopic (exact) mass is 427 g/mol. The summed E-state index contributed by atoms with van der Waals surface area (Å²) in [5, 5.41) is 5.82. The Hall–Kier alpha value is -3.60. The Morgan fingerprint density at radius 2 is 1.56 bits per heavy atom. The third kappa shape index (κ3) is 4.99. The first-order valence-corrected chi connectivity index (χ1v) is 11.0. The second kappa shape index (κ2) is 9.27. The number of urea groups is 1. The molecule has 5 nitrogen and oxygen atoms in total. The molecule has 164 valence electrons. The molecule has 3 aromatic carbocycles. The molecule has 0 fully saturated rings. The number of amides is 3. The molecule has 0 saturated heterocycles. The molecular formula is C27H29N3O2. The predicted octanol–water partition coefficient (Wildman–Crippen LogP) is 5.58. The highest BCUT2D eigenvalue weighted by molar-refractivity contribution is 6.00. The van der Waals surface area contributed by atoms with Gasteiger partial charge in [-0.15, -0.1) is 0 Å². The topological polar surface area (TPSA) is 61.4 Å². The van der Waals surface area contributed by atoms with Gasteiger partial charge in [-0.05, 0) is 46.7 Å². The van der Waals surface area contributed by atoms with E-state index in [2.05, 4.69) is 36.6 Å². The fourth-order valence-corrected chi connectivity index (χ4v) is 4.23. The summed E-state index contributed by atoms with van der Waals surface area (Å²) in [6.45, 7) is 5.45. The summed E-state index contributed by atoms with van der Waals surface area (Å²) in [5.74, 6) is 0.157. The number of hydrogen-bond donors (Lipinski definition) is 2. The summed E-state index contributed by atoms with van der Waals surface area (Å²) in [7, 11) is 0. The molecule has 0 radical (unpaired) electrons. The molecule has 0 atom stereocenters. The van der Waals surface area contributed by atoms with Crippen LogP contribution in [0.5, 0.6) is 0 Å². The minimum absolute atomic E-state index is 0.157. The van der Waals surface area contributed by atoms with Crippen molar-refractivity contribution in [3.05, 3.63) is 95.6 Å². The van der Waals surface area contributed by atoms with Crippen molar-refractivity contribution in [3.63, 3.8) is 0 Å². The highest BCUT2D eigenvalue weighted by atomic mass is 16.2. The van der Waals surface area contributed by atoms with Crippen molar-refractivity contribution in [1.82, 2.24) is 4.90 Å². The zero-order chi connectivity index (χ0) is 22.6. The van der Waals surface area contributed by atoms with Crippen LogP contribution in [0.1, 0.15) is 37.0 Å². The zero-order valence-corrected chi connectivity index (χ0v) is 18.6. The molecule has 3 amide bonds. The fourth-order valence-electron chi connectivity index (χ4n) is 4.23. The van der Waals surface area contributed by atoms with Gasteiger partial charge < -0.3 is 15.5 Å². The second-order valence-electron chi connectivity index (χ2n) is 8.88. The van der Waals surface area contributed by atoms with E-state index < -0.39 is 0 Å². The van der Waals surface area contributed by atoms with Crippen LogP contribution in [0.4, 0.5) is 16.2 Å². The van der Waals surface area contributed by atoms with Crippen LogP contribution in [0, 0.1) is 0 Å². The van der Waals surface area contributed by atoms with Gasteiger partial charge >= 0.3 is 6.03 Å². The van der Waals surface area contributed by atoms with Crippen LogP contribution in [-0.4, -0.2) is 23.4 Å². The maximum atomic E-state index is 13.1. The lowest BCUT2D eigenvalue weighted by Gasteiger charge is -2.33. The molecule has 32 heavy (non-hydrogen) atoms. The van der Waals surface area contributed by atoms with Crippen LogP contribution in [0.25, 0.3) is 0 Å². The molecule has 1 heterocycles. The minimum Gasteiger partial charge on any atom is -0.338 e. The van der Waals surface area contributed by atoms with E-state index in [9.17, 15) is 9.59 Å². The van der Waals surface area contributed by atoms with E-state index in [0.29, 0.717) is 25.9 Å². The van der Waals surface area contributed by atoms with E-state index >= 15 is 0 Å².